The lowest BCUT2D eigenvalue weighted by atomic mass is 9.84. The third-order valence-electron chi connectivity index (χ3n) is 4.70. The van der Waals surface area contributed by atoms with Crippen molar-refractivity contribution in [1.29, 1.82) is 0 Å². The largest absolute Gasteiger partial charge is 0.381 e. The SMILES string of the molecule is CN(CC1CCOCC1)CC1(C)CCCC1N. The Morgan fingerprint density at radius 1 is 1.29 bits per heavy atom. The number of hydrogen-bond acceptors (Lipinski definition) is 3. The number of rotatable bonds is 4. The molecule has 100 valence electrons. The molecule has 17 heavy (non-hydrogen) atoms. The third-order valence-corrected chi connectivity index (χ3v) is 4.70. The standard InChI is InChI=1S/C14H28N2O/c1-14(7-3-4-13(14)15)11-16(2)10-12-5-8-17-9-6-12/h12-13H,3-11,15H2,1-2H3. The zero-order chi connectivity index (χ0) is 12.3. The van der Waals surface area contributed by atoms with Crippen LogP contribution in [0.1, 0.15) is 39.0 Å². The molecular formula is C14H28N2O. The van der Waals surface area contributed by atoms with E-state index in [0.717, 1.165) is 25.7 Å². The van der Waals surface area contributed by atoms with Crippen molar-refractivity contribution >= 4 is 0 Å². The molecule has 0 spiro atoms. The van der Waals surface area contributed by atoms with Crippen LogP contribution in [0.15, 0.2) is 0 Å². The molecular weight excluding hydrogens is 212 g/mol. The monoisotopic (exact) mass is 240 g/mol. The smallest absolute Gasteiger partial charge is 0.0469 e. The van der Waals surface area contributed by atoms with Crippen molar-refractivity contribution in [1.82, 2.24) is 4.90 Å². The van der Waals surface area contributed by atoms with Crippen molar-refractivity contribution in [3.05, 3.63) is 0 Å². The fourth-order valence-corrected chi connectivity index (χ4v) is 3.51. The van der Waals surface area contributed by atoms with Crippen LogP contribution in [-0.4, -0.2) is 44.3 Å². The number of nitrogens with zero attached hydrogens (tertiary/aromatic N) is 1. The minimum Gasteiger partial charge on any atom is -0.381 e. The summed E-state index contributed by atoms with van der Waals surface area (Å²) in [6, 6.07) is 0.402. The van der Waals surface area contributed by atoms with E-state index >= 15 is 0 Å². The van der Waals surface area contributed by atoms with E-state index in [4.69, 9.17) is 10.5 Å². The summed E-state index contributed by atoms with van der Waals surface area (Å²) in [6.45, 7) is 6.65. The Morgan fingerprint density at radius 2 is 2.00 bits per heavy atom. The first kappa shape index (κ1) is 13.3. The highest BCUT2D eigenvalue weighted by molar-refractivity contribution is 4.93. The topological polar surface area (TPSA) is 38.5 Å². The minimum absolute atomic E-state index is 0.347. The van der Waals surface area contributed by atoms with Gasteiger partial charge in [0.05, 0.1) is 0 Å². The van der Waals surface area contributed by atoms with Crippen LogP contribution >= 0.6 is 0 Å². The molecule has 2 unspecified atom stereocenters. The molecule has 1 saturated carbocycles. The van der Waals surface area contributed by atoms with Crippen LogP contribution in [-0.2, 0) is 4.74 Å². The van der Waals surface area contributed by atoms with Crippen molar-refractivity contribution in [2.24, 2.45) is 17.1 Å². The normalized spacial score (nSPS) is 35.6. The van der Waals surface area contributed by atoms with E-state index in [9.17, 15) is 0 Å². The Balaban J connectivity index is 1.77. The summed E-state index contributed by atoms with van der Waals surface area (Å²) >= 11 is 0. The predicted octanol–water partition coefficient (Wildman–Crippen LogP) is 1.86. The molecule has 3 nitrogen and oxygen atoms in total. The van der Waals surface area contributed by atoms with Gasteiger partial charge in [-0.25, -0.2) is 0 Å². The first-order valence-corrected chi connectivity index (χ1v) is 7.12. The Labute approximate surface area is 106 Å². The van der Waals surface area contributed by atoms with Crippen LogP contribution in [0.2, 0.25) is 0 Å². The average molecular weight is 240 g/mol. The van der Waals surface area contributed by atoms with Crippen LogP contribution in [0.4, 0.5) is 0 Å². The van der Waals surface area contributed by atoms with E-state index in [0.29, 0.717) is 11.5 Å². The summed E-state index contributed by atoms with van der Waals surface area (Å²) in [7, 11) is 2.26. The van der Waals surface area contributed by atoms with Crippen molar-refractivity contribution in [2.45, 2.75) is 45.1 Å². The molecule has 0 aromatic carbocycles. The highest BCUT2D eigenvalue weighted by Crippen LogP contribution is 2.37. The van der Waals surface area contributed by atoms with E-state index in [1.165, 1.54) is 38.6 Å². The van der Waals surface area contributed by atoms with Crippen LogP contribution in [0.3, 0.4) is 0 Å². The molecule has 1 saturated heterocycles. The summed E-state index contributed by atoms with van der Waals surface area (Å²) in [4.78, 5) is 2.50. The van der Waals surface area contributed by atoms with E-state index in [1.54, 1.807) is 0 Å². The maximum Gasteiger partial charge on any atom is 0.0469 e. The van der Waals surface area contributed by atoms with Crippen LogP contribution in [0.5, 0.6) is 0 Å². The van der Waals surface area contributed by atoms with Crippen molar-refractivity contribution in [2.75, 3.05) is 33.4 Å². The number of nitrogens with two attached hydrogens (primary N) is 1. The van der Waals surface area contributed by atoms with Crippen LogP contribution < -0.4 is 5.73 Å². The lowest BCUT2D eigenvalue weighted by molar-refractivity contribution is 0.0497. The first-order valence-electron chi connectivity index (χ1n) is 7.12. The minimum atomic E-state index is 0.347. The van der Waals surface area contributed by atoms with Crippen molar-refractivity contribution in [3.8, 4) is 0 Å². The second-order valence-electron chi connectivity index (χ2n) is 6.41. The number of ether oxygens (including phenoxy) is 1. The molecule has 2 fully saturated rings. The first-order chi connectivity index (χ1) is 8.10. The molecule has 1 aliphatic carbocycles. The third kappa shape index (κ3) is 3.43. The van der Waals surface area contributed by atoms with Gasteiger partial charge in [-0.1, -0.05) is 13.3 Å². The quantitative estimate of drug-likeness (QED) is 0.815. The Kier molecular flexibility index (Phi) is 4.45. The molecule has 2 atom stereocenters. The average Bonchev–Trinajstić information content (AvgIpc) is 2.60. The van der Waals surface area contributed by atoms with Gasteiger partial charge in [-0.3, -0.25) is 0 Å². The highest BCUT2D eigenvalue weighted by atomic mass is 16.5. The summed E-state index contributed by atoms with van der Waals surface area (Å²) in [5.74, 6) is 0.829. The van der Waals surface area contributed by atoms with E-state index in [-0.39, 0.29) is 0 Å². The van der Waals surface area contributed by atoms with Crippen molar-refractivity contribution < 1.29 is 4.74 Å². The molecule has 1 aliphatic heterocycles. The fourth-order valence-electron chi connectivity index (χ4n) is 3.51. The van der Waals surface area contributed by atoms with Gasteiger partial charge < -0.3 is 15.4 Å². The molecule has 3 heteroatoms. The van der Waals surface area contributed by atoms with E-state index in [2.05, 4.69) is 18.9 Å². The molecule has 0 bridgehead atoms. The van der Waals surface area contributed by atoms with E-state index in [1.807, 2.05) is 0 Å². The Hall–Kier alpha value is -0.120. The maximum absolute atomic E-state index is 6.25. The lowest BCUT2D eigenvalue weighted by Gasteiger charge is -2.36. The van der Waals surface area contributed by atoms with Crippen LogP contribution in [0.25, 0.3) is 0 Å². The van der Waals surface area contributed by atoms with Gasteiger partial charge >= 0.3 is 0 Å². The summed E-state index contributed by atoms with van der Waals surface area (Å²) < 4.78 is 5.41. The van der Waals surface area contributed by atoms with Gasteiger partial charge in [-0.05, 0) is 44.1 Å². The summed E-state index contributed by atoms with van der Waals surface area (Å²) in [5.41, 5.74) is 6.60. The zero-order valence-electron chi connectivity index (χ0n) is 11.5. The molecule has 2 N–H and O–H groups in total. The fraction of sp³-hybridized carbons (Fsp3) is 1.00. The molecule has 2 rings (SSSR count). The number of hydrogen-bond donors (Lipinski definition) is 1. The van der Waals surface area contributed by atoms with Gasteiger partial charge in [0.25, 0.3) is 0 Å². The molecule has 0 aromatic heterocycles. The maximum atomic E-state index is 6.25. The Bertz CT molecular complexity index is 240. The van der Waals surface area contributed by atoms with Gasteiger partial charge in [0.2, 0.25) is 0 Å². The summed E-state index contributed by atoms with van der Waals surface area (Å²) in [5, 5.41) is 0. The summed E-state index contributed by atoms with van der Waals surface area (Å²) in [6.07, 6.45) is 6.27. The predicted molar refractivity (Wildman–Crippen MR) is 71.0 cm³/mol. The molecule has 0 aromatic rings. The molecule has 1 heterocycles. The highest BCUT2D eigenvalue weighted by Gasteiger charge is 2.37. The van der Waals surface area contributed by atoms with Gasteiger partial charge in [-0.15, -0.1) is 0 Å². The Morgan fingerprint density at radius 3 is 2.59 bits per heavy atom. The van der Waals surface area contributed by atoms with Gasteiger partial charge in [0.1, 0.15) is 0 Å². The van der Waals surface area contributed by atoms with Gasteiger partial charge in [0, 0.05) is 32.3 Å². The van der Waals surface area contributed by atoms with Crippen molar-refractivity contribution in [3.63, 3.8) is 0 Å². The molecule has 2 aliphatic rings. The van der Waals surface area contributed by atoms with Crippen LogP contribution in [0, 0.1) is 11.3 Å². The van der Waals surface area contributed by atoms with Gasteiger partial charge in [-0.2, -0.15) is 0 Å². The second-order valence-corrected chi connectivity index (χ2v) is 6.41. The van der Waals surface area contributed by atoms with E-state index < -0.39 is 0 Å². The zero-order valence-corrected chi connectivity index (χ0v) is 11.5. The molecule has 0 radical (unpaired) electrons. The second kappa shape index (κ2) is 5.68. The molecule has 0 amide bonds. The van der Waals surface area contributed by atoms with Gasteiger partial charge in [0.15, 0.2) is 0 Å². The lowest BCUT2D eigenvalue weighted by Crippen LogP contribution is -2.44.